The van der Waals surface area contributed by atoms with Gasteiger partial charge in [0.25, 0.3) is 5.91 Å². The van der Waals surface area contributed by atoms with E-state index in [2.05, 4.69) is 36.4 Å². The lowest BCUT2D eigenvalue weighted by Gasteiger charge is -2.23. The topological polar surface area (TPSA) is 54.0 Å². The largest absolute Gasteiger partial charge is 0.387 e. The number of para-hydroxylation sites is 1. The number of nitrogens with one attached hydrogen (secondary N) is 2. The van der Waals surface area contributed by atoms with E-state index in [0.717, 1.165) is 16.9 Å². The zero-order valence-electron chi connectivity index (χ0n) is 12.9. The van der Waals surface area contributed by atoms with Gasteiger partial charge in [-0.2, -0.15) is 0 Å². The lowest BCUT2D eigenvalue weighted by atomic mass is 9.86. The smallest absolute Gasteiger partial charge is 0.259 e. The number of anilines is 2. The average Bonchev–Trinajstić information content (AvgIpc) is 2.46. The zero-order valence-corrected chi connectivity index (χ0v) is 12.9. The summed E-state index contributed by atoms with van der Waals surface area (Å²) in [5.41, 5.74) is 3.19. The van der Waals surface area contributed by atoms with Gasteiger partial charge in [-0.15, -0.1) is 0 Å². The number of carbonyl (C=O) groups is 1. The van der Waals surface area contributed by atoms with Gasteiger partial charge in [-0.1, -0.05) is 39.0 Å². The van der Waals surface area contributed by atoms with Crippen LogP contribution in [0.1, 0.15) is 36.7 Å². The minimum Gasteiger partial charge on any atom is -0.387 e. The Morgan fingerprint density at radius 2 is 1.81 bits per heavy atom. The van der Waals surface area contributed by atoms with E-state index in [1.54, 1.807) is 25.5 Å². The van der Waals surface area contributed by atoms with Crippen molar-refractivity contribution in [3.63, 3.8) is 0 Å². The van der Waals surface area contributed by atoms with Gasteiger partial charge in [0, 0.05) is 30.8 Å². The summed E-state index contributed by atoms with van der Waals surface area (Å²) in [5, 5.41) is 6.00. The highest BCUT2D eigenvalue weighted by Gasteiger charge is 2.19. The molecule has 4 nitrogen and oxygen atoms in total. The van der Waals surface area contributed by atoms with Crippen LogP contribution in [0.3, 0.4) is 0 Å². The quantitative estimate of drug-likeness (QED) is 0.903. The second kappa shape index (κ2) is 5.95. The van der Waals surface area contributed by atoms with Crippen LogP contribution in [0.4, 0.5) is 11.4 Å². The Morgan fingerprint density at radius 3 is 2.48 bits per heavy atom. The molecule has 0 aliphatic heterocycles. The molecule has 0 fully saturated rings. The van der Waals surface area contributed by atoms with Crippen molar-refractivity contribution in [1.29, 1.82) is 0 Å². The van der Waals surface area contributed by atoms with E-state index >= 15 is 0 Å². The fourth-order valence-electron chi connectivity index (χ4n) is 2.23. The second-order valence-electron chi connectivity index (χ2n) is 5.92. The minimum atomic E-state index is -0.163. The van der Waals surface area contributed by atoms with E-state index in [0.29, 0.717) is 5.56 Å². The van der Waals surface area contributed by atoms with E-state index in [1.807, 2.05) is 24.3 Å². The fourth-order valence-corrected chi connectivity index (χ4v) is 2.23. The summed E-state index contributed by atoms with van der Waals surface area (Å²) in [4.78, 5) is 16.5. The summed E-state index contributed by atoms with van der Waals surface area (Å²) >= 11 is 0. The van der Waals surface area contributed by atoms with Gasteiger partial charge in [0.2, 0.25) is 0 Å². The number of pyridine rings is 1. The molecule has 0 bridgehead atoms. The molecule has 0 atom stereocenters. The summed E-state index contributed by atoms with van der Waals surface area (Å²) in [6, 6.07) is 9.66. The van der Waals surface area contributed by atoms with E-state index < -0.39 is 0 Å². The molecule has 2 rings (SSSR count). The minimum absolute atomic E-state index is 0.0371. The standard InChI is InChI=1S/C17H21N3O/c1-17(2,3)13-7-5-6-8-15(13)20-16(21)12-11-19-10-9-14(12)18-4/h5-11H,1-4H3,(H,18,19)(H,20,21). The molecule has 1 aromatic carbocycles. The molecular formula is C17H21N3O. The van der Waals surface area contributed by atoms with E-state index in [-0.39, 0.29) is 11.3 Å². The van der Waals surface area contributed by atoms with Crippen LogP contribution >= 0.6 is 0 Å². The monoisotopic (exact) mass is 283 g/mol. The van der Waals surface area contributed by atoms with Gasteiger partial charge in [-0.3, -0.25) is 9.78 Å². The molecule has 0 saturated heterocycles. The fraction of sp³-hybridized carbons (Fsp3) is 0.294. The van der Waals surface area contributed by atoms with Crippen molar-refractivity contribution in [2.45, 2.75) is 26.2 Å². The Labute approximate surface area is 125 Å². The van der Waals surface area contributed by atoms with E-state index in [4.69, 9.17) is 0 Å². The third kappa shape index (κ3) is 3.40. The lowest BCUT2D eigenvalue weighted by molar-refractivity contribution is 0.102. The predicted octanol–water partition coefficient (Wildman–Crippen LogP) is 3.67. The number of carbonyl (C=O) groups excluding carboxylic acids is 1. The van der Waals surface area contributed by atoms with E-state index in [9.17, 15) is 4.79 Å². The van der Waals surface area contributed by atoms with Crippen molar-refractivity contribution < 1.29 is 4.79 Å². The van der Waals surface area contributed by atoms with Gasteiger partial charge in [-0.25, -0.2) is 0 Å². The number of hydrogen-bond acceptors (Lipinski definition) is 3. The van der Waals surface area contributed by atoms with Gasteiger partial charge < -0.3 is 10.6 Å². The Morgan fingerprint density at radius 1 is 1.10 bits per heavy atom. The van der Waals surface area contributed by atoms with Crippen LogP contribution in [0.25, 0.3) is 0 Å². The van der Waals surface area contributed by atoms with Gasteiger partial charge in [0.15, 0.2) is 0 Å². The van der Waals surface area contributed by atoms with Gasteiger partial charge in [0.05, 0.1) is 5.56 Å². The number of amides is 1. The molecule has 0 spiro atoms. The van der Waals surface area contributed by atoms with Crippen molar-refractivity contribution in [1.82, 2.24) is 4.98 Å². The maximum atomic E-state index is 12.5. The highest BCUT2D eigenvalue weighted by Crippen LogP contribution is 2.29. The molecule has 21 heavy (non-hydrogen) atoms. The van der Waals surface area contributed by atoms with Crippen molar-refractivity contribution in [3.05, 3.63) is 53.9 Å². The summed E-state index contributed by atoms with van der Waals surface area (Å²) < 4.78 is 0. The van der Waals surface area contributed by atoms with Crippen molar-refractivity contribution in [2.24, 2.45) is 0 Å². The SMILES string of the molecule is CNc1ccncc1C(=O)Nc1ccccc1C(C)(C)C. The maximum absolute atomic E-state index is 12.5. The van der Waals surface area contributed by atoms with Crippen LogP contribution in [0.15, 0.2) is 42.7 Å². The first kappa shape index (κ1) is 15.0. The highest BCUT2D eigenvalue weighted by atomic mass is 16.1. The molecule has 0 radical (unpaired) electrons. The van der Waals surface area contributed by atoms with Crippen molar-refractivity contribution in [2.75, 3.05) is 17.7 Å². The molecule has 2 aromatic rings. The molecule has 0 saturated carbocycles. The molecule has 1 amide bonds. The summed E-state index contributed by atoms with van der Waals surface area (Å²) in [6.07, 6.45) is 3.23. The Kier molecular flexibility index (Phi) is 4.26. The second-order valence-corrected chi connectivity index (χ2v) is 5.92. The zero-order chi connectivity index (χ0) is 15.5. The molecule has 110 valence electrons. The van der Waals surface area contributed by atoms with Crippen LogP contribution < -0.4 is 10.6 Å². The third-order valence-corrected chi connectivity index (χ3v) is 3.32. The number of aromatic nitrogens is 1. The van der Waals surface area contributed by atoms with Crippen molar-refractivity contribution >= 4 is 17.3 Å². The molecule has 4 heteroatoms. The van der Waals surface area contributed by atoms with E-state index in [1.165, 1.54) is 0 Å². The van der Waals surface area contributed by atoms with Crippen LogP contribution in [0, 0.1) is 0 Å². The van der Waals surface area contributed by atoms with Crippen LogP contribution in [-0.2, 0) is 5.41 Å². The van der Waals surface area contributed by atoms with Crippen LogP contribution in [0.5, 0.6) is 0 Å². The average molecular weight is 283 g/mol. The first-order valence-corrected chi connectivity index (χ1v) is 6.96. The Bertz CT molecular complexity index is 644. The number of rotatable bonds is 3. The maximum Gasteiger partial charge on any atom is 0.259 e. The van der Waals surface area contributed by atoms with Gasteiger partial charge >= 0.3 is 0 Å². The number of benzene rings is 1. The molecule has 2 N–H and O–H groups in total. The Balaban J connectivity index is 2.33. The molecule has 1 aromatic heterocycles. The molecule has 0 aliphatic rings. The first-order chi connectivity index (χ1) is 9.93. The molecule has 1 heterocycles. The molecular weight excluding hydrogens is 262 g/mol. The van der Waals surface area contributed by atoms with Crippen LogP contribution in [-0.4, -0.2) is 17.9 Å². The third-order valence-electron chi connectivity index (χ3n) is 3.32. The summed E-state index contributed by atoms with van der Waals surface area (Å²) in [7, 11) is 1.79. The normalized spacial score (nSPS) is 11.0. The predicted molar refractivity (Wildman–Crippen MR) is 86.9 cm³/mol. The summed E-state index contributed by atoms with van der Waals surface area (Å²) in [5.74, 6) is -0.163. The summed E-state index contributed by atoms with van der Waals surface area (Å²) in [6.45, 7) is 6.38. The van der Waals surface area contributed by atoms with Crippen molar-refractivity contribution in [3.8, 4) is 0 Å². The highest BCUT2D eigenvalue weighted by molar-refractivity contribution is 6.08. The van der Waals surface area contributed by atoms with Crippen LogP contribution in [0.2, 0.25) is 0 Å². The van der Waals surface area contributed by atoms with Gasteiger partial charge in [0.1, 0.15) is 0 Å². The number of nitrogens with zero attached hydrogens (tertiary/aromatic N) is 1. The first-order valence-electron chi connectivity index (χ1n) is 6.96. The lowest BCUT2D eigenvalue weighted by Crippen LogP contribution is -2.19. The molecule has 0 unspecified atom stereocenters. The molecule has 0 aliphatic carbocycles. The Hall–Kier alpha value is -2.36. The number of hydrogen-bond donors (Lipinski definition) is 2. The van der Waals surface area contributed by atoms with Gasteiger partial charge in [-0.05, 0) is 23.1 Å².